The first-order valence-electron chi connectivity index (χ1n) is 10.8. The molecular weight excluding hydrogens is 352 g/mol. The molecule has 6 heteroatoms. The number of hydrogen-bond acceptors (Lipinski definition) is 4. The molecule has 1 aromatic rings. The molecule has 0 heterocycles. The molecule has 0 spiro atoms. The number of hydrogen-bond donors (Lipinski definition) is 2. The molecule has 156 valence electrons. The summed E-state index contributed by atoms with van der Waals surface area (Å²) in [5, 5.41) is 6.82. The Kier molecular flexibility index (Phi) is 8.42. The van der Waals surface area contributed by atoms with Gasteiger partial charge in [0.1, 0.15) is 5.75 Å². The molecule has 0 radical (unpaired) electrons. The smallest absolute Gasteiger partial charge is 0.191 e. The summed E-state index contributed by atoms with van der Waals surface area (Å²) in [5.74, 6) is 2.58. The number of para-hydroxylation sites is 1. The lowest BCUT2D eigenvalue weighted by molar-refractivity contribution is 0.144. The Balaban J connectivity index is 1.49. The highest BCUT2D eigenvalue weighted by Crippen LogP contribution is 2.30. The fourth-order valence-electron chi connectivity index (χ4n) is 3.22. The predicted molar refractivity (Wildman–Crippen MR) is 114 cm³/mol. The molecule has 2 fully saturated rings. The standard InChI is InChI=1S/C22H36N4O2/c1-3-23-22(24-12-13-26(14-15-27-2)20-10-11-20)25-16-19-6-4-5-7-21(19)28-17-18-8-9-18/h4-7,18,20H,3,8-17H2,1-2H3,(H2,23,24,25). The second-order valence-electron chi connectivity index (χ2n) is 7.74. The molecule has 0 aliphatic heterocycles. The van der Waals surface area contributed by atoms with E-state index in [4.69, 9.17) is 14.5 Å². The van der Waals surface area contributed by atoms with Crippen LogP contribution in [0.2, 0.25) is 0 Å². The summed E-state index contributed by atoms with van der Waals surface area (Å²) in [6.45, 7) is 8.08. The van der Waals surface area contributed by atoms with Crippen molar-refractivity contribution in [2.75, 3.05) is 46.5 Å². The number of guanidine groups is 1. The minimum absolute atomic E-state index is 0.617. The first-order chi connectivity index (χ1) is 13.8. The van der Waals surface area contributed by atoms with Crippen LogP contribution < -0.4 is 15.4 Å². The van der Waals surface area contributed by atoms with Crippen LogP contribution in [0.5, 0.6) is 5.75 Å². The molecule has 0 unspecified atom stereocenters. The van der Waals surface area contributed by atoms with Gasteiger partial charge >= 0.3 is 0 Å². The lowest BCUT2D eigenvalue weighted by atomic mass is 10.2. The van der Waals surface area contributed by atoms with Crippen molar-refractivity contribution in [3.8, 4) is 5.75 Å². The van der Waals surface area contributed by atoms with Crippen molar-refractivity contribution in [2.45, 2.75) is 45.2 Å². The molecule has 28 heavy (non-hydrogen) atoms. The van der Waals surface area contributed by atoms with Crippen LogP contribution in [0.3, 0.4) is 0 Å². The highest BCUT2D eigenvalue weighted by Gasteiger charge is 2.28. The van der Waals surface area contributed by atoms with E-state index in [9.17, 15) is 0 Å². The largest absolute Gasteiger partial charge is 0.493 e. The van der Waals surface area contributed by atoms with Gasteiger partial charge < -0.3 is 20.1 Å². The lowest BCUT2D eigenvalue weighted by Gasteiger charge is -2.22. The molecule has 0 atom stereocenters. The van der Waals surface area contributed by atoms with Crippen LogP contribution in [0.15, 0.2) is 29.3 Å². The monoisotopic (exact) mass is 388 g/mol. The summed E-state index contributed by atoms with van der Waals surface area (Å²) in [7, 11) is 1.77. The third-order valence-corrected chi connectivity index (χ3v) is 5.23. The molecule has 3 rings (SSSR count). The highest BCUT2D eigenvalue weighted by atomic mass is 16.5. The van der Waals surface area contributed by atoms with Crippen molar-refractivity contribution < 1.29 is 9.47 Å². The minimum atomic E-state index is 0.617. The third kappa shape index (κ3) is 7.32. The summed E-state index contributed by atoms with van der Waals surface area (Å²) in [4.78, 5) is 7.29. The second kappa shape index (κ2) is 11.3. The number of nitrogens with zero attached hydrogens (tertiary/aromatic N) is 2. The molecule has 6 nitrogen and oxygen atoms in total. The molecule has 1 aromatic carbocycles. The van der Waals surface area contributed by atoms with Gasteiger partial charge in [-0.1, -0.05) is 18.2 Å². The van der Waals surface area contributed by atoms with Crippen LogP contribution in [0, 0.1) is 5.92 Å². The van der Waals surface area contributed by atoms with Crippen LogP contribution in [0.4, 0.5) is 0 Å². The lowest BCUT2D eigenvalue weighted by Crippen LogP contribution is -2.42. The van der Waals surface area contributed by atoms with Crippen LogP contribution in [-0.2, 0) is 11.3 Å². The van der Waals surface area contributed by atoms with Gasteiger partial charge in [-0.2, -0.15) is 0 Å². The van der Waals surface area contributed by atoms with Crippen molar-refractivity contribution in [3.63, 3.8) is 0 Å². The number of benzene rings is 1. The van der Waals surface area contributed by atoms with E-state index in [1.54, 1.807) is 7.11 Å². The van der Waals surface area contributed by atoms with Gasteiger partial charge in [-0.25, -0.2) is 4.99 Å². The van der Waals surface area contributed by atoms with Crippen molar-refractivity contribution >= 4 is 5.96 Å². The van der Waals surface area contributed by atoms with Crippen molar-refractivity contribution in [3.05, 3.63) is 29.8 Å². The van der Waals surface area contributed by atoms with Gasteiger partial charge in [-0.15, -0.1) is 0 Å². The molecular formula is C22H36N4O2. The molecule has 2 aliphatic carbocycles. The Hall–Kier alpha value is -1.79. The number of methoxy groups -OCH3 is 1. The topological polar surface area (TPSA) is 58.1 Å². The first-order valence-corrected chi connectivity index (χ1v) is 10.8. The van der Waals surface area contributed by atoms with E-state index in [0.717, 1.165) is 68.6 Å². The van der Waals surface area contributed by atoms with E-state index in [0.29, 0.717) is 6.54 Å². The van der Waals surface area contributed by atoms with Gasteiger partial charge in [0.15, 0.2) is 5.96 Å². The Morgan fingerprint density at radius 1 is 1.14 bits per heavy atom. The number of rotatable bonds is 13. The summed E-state index contributed by atoms with van der Waals surface area (Å²) >= 11 is 0. The summed E-state index contributed by atoms with van der Waals surface area (Å²) in [6.07, 6.45) is 5.24. The number of aliphatic imine (C=N–C) groups is 1. The third-order valence-electron chi connectivity index (χ3n) is 5.23. The second-order valence-corrected chi connectivity index (χ2v) is 7.74. The zero-order valence-electron chi connectivity index (χ0n) is 17.5. The molecule has 2 saturated carbocycles. The van der Waals surface area contributed by atoms with Gasteiger partial charge in [-0.3, -0.25) is 4.90 Å². The van der Waals surface area contributed by atoms with Gasteiger partial charge in [0, 0.05) is 44.9 Å². The molecule has 0 bridgehead atoms. The Morgan fingerprint density at radius 2 is 1.96 bits per heavy atom. The maximum atomic E-state index is 6.01. The van der Waals surface area contributed by atoms with E-state index in [1.165, 1.54) is 25.7 Å². The average molecular weight is 389 g/mol. The highest BCUT2D eigenvalue weighted by molar-refractivity contribution is 5.79. The summed E-state index contributed by atoms with van der Waals surface area (Å²) in [5.41, 5.74) is 1.14. The number of ether oxygens (including phenoxy) is 2. The van der Waals surface area contributed by atoms with Gasteiger partial charge in [0.05, 0.1) is 19.8 Å². The number of nitrogens with one attached hydrogen (secondary N) is 2. The van der Waals surface area contributed by atoms with E-state index in [1.807, 2.05) is 6.07 Å². The van der Waals surface area contributed by atoms with Gasteiger partial charge in [-0.05, 0) is 44.6 Å². The Labute approximate surface area is 169 Å². The van der Waals surface area contributed by atoms with E-state index in [-0.39, 0.29) is 0 Å². The minimum Gasteiger partial charge on any atom is -0.493 e. The first kappa shape index (κ1) is 20.9. The van der Waals surface area contributed by atoms with Crippen molar-refractivity contribution in [1.82, 2.24) is 15.5 Å². The predicted octanol–water partition coefficient (Wildman–Crippen LogP) is 2.64. The van der Waals surface area contributed by atoms with Crippen LogP contribution in [0.25, 0.3) is 0 Å². The zero-order chi connectivity index (χ0) is 19.6. The Morgan fingerprint density at radius 3 is 2.68 bits per heavy atom. The summed E-state index contributed by atoms with van der Waals surface area (Å²) < 4.78 is 11.3. The quantitative estimate of drug-likeness (QED) is 0.402. The molecule has 2 N–H and O–H groups in total. The van der Waals surface area contributed by atoms with E-state index >= 15 is 0 Å². The molecule has 2 aliphatic rings. The Bertz CT molecular complexity index is 614. The molecule has 0 aromatic heterocycles. The van der Waals surface area contributed by atoms with Crippen LogP contribution >= 0.6 is 0 Å². The van der Waals surface area contributed by atoms with Gasteiger partial charge in [0.2, 0.25) is 0 Å². The fraction of sp³-hybridized carbons (Fsp3) is 0.682. The summed E-state index contributed by atoms with van der Waals surface area (Å²) in [6, 6.07) is 8.99. The zero-order valence-corrected chi connectivity index (χ0v) is 17.5. The van der Waals surface area contributed by atoms with Crippen LogP contribution in [0.1, 0.15) is 38.2 Å². The fourth-order valence-corrected chi connectivity index (χ4v) is 3.22. The van der Waals surface area contributed by atoms with Gasteiger partial charge in [0.25, 0.3) is 0 Å². The maximum absolute atomic E-state index is 6.01. The normalized spacial score (nSPS) is 17.0. The van der Waals surface area contributed by atoms with Crippen molar-refractivity contribution in [1.29, 1.82) is 0 Å². The molecule has 0 amide bonds. The average Bonchev–Trinajstić information content (AvgIpc) is 3.61. The van der Waals surface area contributed by atoms with Crippen molar-refractivity contribution in [2.24, 2.45) is 10.9 Å². The molecule has 0 saturated heterocycles. The SMILES string of the molecule is CCNC(=NCc1ccccc1OCC1CC1)NCCN(CCOC)C1CC1. The maximum Gasteiger partial charge on any atom is 0.191 e. The van der Waals surface area contributed by atoms with E-state index < -0.39 is 0 Å². The van der Waals surface area contributed by atoms with E-state index in [2.05, 4.69) is 40.7 Å². The van der Waals surface area contributed by atoms with Crippen LogP contribution in [-0.4, -0.2) is 63.4 Å².